The predicted octanol–water partition coefficient (Wildman–Crippen LogP) is 3.73. The number of hydrogen-bond acceptors (Lipinski definition) is 4. The Morgan fingerprint density at radius 3 is 2.42 bits per heavy atom. The Labute approximate surface area is 117 Å². The first-order valence-corrected chi connectivity index (χ1v) is 5.95. The van der Waals surface area contributed by atoms with E-state index in [0.29, 0.717) is 5.56 Å². The SMILES string of the molecule is O=C(OBr)c1cc([N+](=O)[O-])ccc1-c1ccccc1. The molecule has 0 aliphatic carbocycles. The molecule has 0 aromatic heterocycles. The van der Waals surface area contributed by atoms with E-state index >= 15 is 0 Å². The summed E-state index contributed by atoms with van der Waals surface area (Å²) in [5, 5.41) is 10.8. The third-order valence-electron chi connectivity index (χ3n) is 2.59. The lowest BCUT2D eigenvalue weighted by Gasteiger charge is -2.07. The number of rotatable bonds is 3. The molecule has 5 nitrogen and oxygen atoms in total. The van der Waals surface area contributed by atoms with Crippen molar-refractivity contribution in [1.82, 2.24) is 0 Å². The van der Waals surface area contributed by atoms with Crippen LogP contribution >= 0.6 is 16.3 Å². The molecule has 0 saturated carbocycles. The van der Waals surface area contributed by atoms with Gasteiger partial charge in [-0.15, -0.1) is 0 Å². The Kier molecular flexibility index (Phi) is 3.91. The zero-order valence-electron chi connectivity index (χ0n) is 9.58. The number of nitro groups is 1. The molecule has 2 rings (SSSR count). The molecule has 96 valence electrons. The van der Waals surface area contributed by atoms with E-state index < -0.39 is 10.9 Å². The minimum atomic E-state index is -0.678. The summed E-state index contributed by atoms with van der Waals surface area (Å²) in [5.41, 5.74) is 1.34. The van der Waals surface area contributed by atoms with Crippen LogP contribution in [0.25, 0.3) is 11.1 Å². The number of carbonyl (C=O) groups excluding carboxylic acids is 1. The molecule has 0 saturated heterocycles. The van der Waals surface area contributed by atoms with E-state index in [0.717, 1.165) is 5.56 Å². The molecule has 2 aromatic carbocycles. The topological polar surface area (TPSA) is 69.4 Å². The number of halogens is 1. The summed E-state index contributed by atoms with van der Waals surface area (Å²) in [5.74, 6) is -0.678. The van der Waals surface area contributed by atoms with Crippen molar-refractivity contribution < 1.29 is 13.5 Å². The van der Waals surface area contributed by atoms with E-state index in [2.05, 4.69) is 20.1 Å². The number of nitrogens with zero attached hydrogens (tertiary/aromatic N) is 1. The number of non-ortho nitro benzene ring substituents is 1. The van der Waals surface area contributed by atoms with E-state index in [1.54, 1.807) is 0 Å². The summed E-state index contributed by atoms with van der Waals surface area (Å²) in [6, 6.07) is 13.2. The highest BCUT2D eigenvalue weighted by molar-refractivity contribution is 9.06. The van der Waals surface area contributed by atoms with Crippen LogP contribution in [0.5, 0.6) is 0 Å². The smallest absolute Gasteiger partial charge is 0.350 e. The molecule has 0 bridgehead atoms. The van der Waals surface area contributed by atoms with Crippen molar-refractivity contribution in [2.45, 2.75) is 0 Å². The fourth-order valence-corrected chi connectivity index (χ4v) is 1.90. The van der Waals surface area contributed by atoms with Crippen LogP contribution in [0.4, 0.5) is 5.69 Å². The van der Waals surface area contributed by atoms with Gasteiger partial charge in [0.1, 0.15) is 0 Å². The van der Waals surface area contributed by atoms with Crippen LogP contribution in [0.3, 0.4) is 0 Å². The van der Waals surface area contributed by atoms with Gasteiger partial charge in [0.15, 0.2) is 16.3 Å². The summed E-state index contributed by atoms with van der Waals surface area (Å²) in [6.07, 6.45) is 0. The molecule has 0 unspecified atom stereocenters. The third kappa shape index (κ3) is 2.79. The molecule has 0 heterocycles. The first kappa shape index (κ1) is 13.2. The van der Waals surface area contributed by atoms with Gasteiger partial charge in [0.2, 0.25) is 0 Å². The summed E-state index contributed by atoms with van der Waals surface area (Å²) in [7, 11) is 0. The van der Waals surface area contributed by atoms with Gasteiger partial charge >= 0.3 is 5.97 Å². The maximum atomic E-state index is 11.7. The van der Waals surface area contributed by atoms with Crippen LogP contribution in [0.15, 0.2) is 48.5 Å². The minimum Gasteiger partial charge on any atom is -0.380 e. The Bertz CT molecular complexity index is 628. The second-order valence-corrected chi connectivity index (χ2v) is 4.04. The largest absolute Gasteiger partial charge is 0.380 e. The van der Waals surface area contributed by atoms with Gasteiger partial charge in [0.25, 0.3) is 5.69 Å². The van der Waals surface area contributed by atoms with Gasteiger partial charge in [-0.25, -0.2) is 4.79 Å². The van der Waals surface area contributed by atoms with Crippen LogP contribution in [-0.4, -0.2) is 10.9 Å². The van der Waals surface area contributed by atoms with Crippen molar-refractivity contribution in [3.8, 4) is 11.1 Å². The number of hydrogen-bond donors (Lipinski definition) is 0. The first-order chi connectivity index (χ1) is 9.13. The highest BCUT2D eigenvalue weighted by Crippen LogP contribution is 2.28. The molecular weight excluding hydrogens is 314 g/mol. The summed E-state index contributed by atoms with van der Waals surface area (Å²) in [4.78, 5) is 21.9. The highest BCUT2D eigenvalue weighted by atomic mass is 79.9. The molecule has 0 spiro atoms. The molecule has 0 N–H and O–H groups in total. The molecule has 0 amide bonds. The predicted molar refractivity (Wildman–Crippen MR) is 72.9 cm³/mol. The van der Waals surface area contributed by atoms with Crippen molar-refractivity contribution in [2.75, 3.05) is 0 Å². The number of benzene rings is 2. The van der Waals surface area contributed by atoms with Gasteiger partial charge in [0.05, 0.1) is 10.5 Å². The van der Waals surface area contributed by atoms with E-state index in [9.17, 15) is 14.9 Å². The molecule has 6 heteroatoms. The lowest BCUT2D eigenvalue weighted by molar-refractivity contribution is -0.384. The molecule has 0 radical (unpaired) electrons. The maximum absolute atomic E-state index is 11.7. The molecule has 0 fully saturated rings. The highest BCUT2D eigenvalue weighted by Gasteiger charge is 2.18. The summed E-state index contributed by atoms with van der Waals surface area (Å²) < 4.78 is 4.48. The van der Waals surface area contributed by atoms with E-state index in [-0.39, 0.29) is 11.3 Å². The fraction of sp³-hybridized carbons (Fsp3) is 0. The summed E-state index contributed by atoms with van der Waals surface area (Å²) in [6.45, 7) is 0. The first-order valence-electron chi connectivity index (χ1n) is 5.30. The van der Waals surface area contributed by atoms with Gasteiger partial charge in [-0.2, -0.15) is 0 Å². The van der Waals surface area contributed by atoms with Gasteiger partial charge in [-0.1, -0.05) is 30.3 Å². The van der Waals surface area contributed by atoms with Crippen molar-refractivity contribution in [3.63, 3.8) is 0 Å². The van der Waals surface area contributed by atoms with E-state index in [1.165, 1.54) is 18.2 Å². The monoisotopic (exact) mass is 321 g/mol. The minimum absolute atomic E-state index is 0.136. The second kappa shape index (κ2) is 5.62. The quantitative estimate of drug-likeness (QED) is 0.638. The van der Waals surface area contributed by atoms with Crippen LogP contribution < -0.4 is 0 Å². The van der Waals surface area contributed by atoms with Crippen LogP contribution in [0.1, 0.15) is 10.4 Å². The van der Waals surface area contributed by atoms with Crippen LogP contribution in [0.2, 0.25) is 0 Å². The van der Waals surface area contributed by atoms with Crippen molar-refractivity contribution in [1.29, 1.82) is 0 Å². The Morgan fingerprint density at radius 2 is 1.84 bits per heavy atom. The number of carbonyl (C=O) groups is 1. The molecular formula is C13H8BrNO4. The molecule has 0 atom stereocenters. The van der Waals surface area contributed by atoms with Gasteiger partial charge in [-0.3, -0.25) is 10.1 Å². The Balaban J connectivity index is 2.61. The van der Waals surface area contributed by atoms with Crippen LogP contribution in [0, 0.1) is 10.1 Å². The van der Waals surface area contributed by atoms with Gasteiger partial charge in [-0.05, 0) is 17.2 Å². The van der Waals surface area contributed by atoms with Crippen LogP contribution in [-0.2, 0) is 3.83 Å². The molecule has 19 heavy (non-hydrogen) atoms. The molecule has 0 aliphatic rings. The lowest BCUT2D eigenvalue weighted by Crippen LogP contribution is -2.02. The summed E-state index contributed by atoms with van der Waals surface area (Å²) >= 11 is 2.60. The molecule has 0 aliphatic heterocycles. The van der Waals surface area contributed by atoms with Gasteiger partial charge < -0.3 is 3.83 Å². The standard InChI is InChI=1S/C13H8BrNO4/c14-19-13(16)12-8-10(15(17)18)6-7-11(12)9-4-2-1-3-5-9/h1-8H. The fourth-order valence-electron chi connectivity index (χ4n) is 1.73. The molecule has 2 aromatic rings. The lowest BCUT2D eigenvalue weighted by atomic mass is 9.99. The normalized spacial score (nSPS) is 9.95. The van der Waals surface area contributed by atoms with E-state index in [1.807, 2.05) is 30.3 Å². The Hall–Kier alpha value is -2.21. The van der Waals surface area contributed by atoms with E-state index in [4.69, 9.17) is 0 Å². The zero-order chi connectivity index (χ0) is 13.8. The number of nitro benzene ring substituents is 1. The zero-order valence-corrected chi connectivity index (χ0v) is 11.2. The third-order valence-corrected chi connectivity index (χ3v) is 2.88. The second-order valence-electron chi connectivity index (χ2n) is 3.72. The van der Waals surface area contributed by atoms with Gasteiger partial charge in [0, 0.05) is 12.1 Å². The Morgan fingerprint density at radius 1 is 1.16 bits per heavy atom. The average Bonchev–Trinajstić information content (AvgIpc) is 2.46. The average molecular weight is 322 g/mol. The van der Waals surface area contributed by atoms with Crippen molar-refractivity contribution >= 4 is 27.9 Å². The van der Waals surface area contributed by atoms with Crippen molar-refractivity contribution in [3.05, 3.63) is 64.2 Å². The van der Waals surface area contributed by atoms with Crippen molar-refractivity contribution in [2.24, 2.45) is 0 Å². The maximum Gasteiger partial charge on any atom is 0.350 e.